The maximum Gasteiger partial charge on any atom is 0.0583 e. The summed E-state index contributed by atoms with van der Waals surface area (Å²) in [5, 5.41) is 7.09. The Bertz CT molecular complexity index is 222. The molecule has 0 saturated heterocycles. The van der Waals surface area contributed by atoms with Crippen LogP contribution in [0.4, 0.5) is 0 Å². The van der Waals surface area contributed by atoms with Gasteiger partial charge in [0.05, 0.1) is 5.02 Å². The van der Waals surface area contributed by atoms with Crippen molar-refractivity contribution in [3.8, 4) is 0 Å². The zero-order valence-corrected chi connectivity index (χ0v) is 7.91. The first-order valence-corrected chi connectivity index (χ1v) is 4.39. The Morgan fingerprint density at radius 2 is 2.33 bits per heavy atom. The van der Waals surface area contributed by atoms with Crippen molar-refractivity contribution in [1.82, 2.24) is 15.6 Å². The highest BCUT2D eigenvalue weighted by atomic mass is 35.5. The van der Waals surface area contributed by atoms with Crippen LogP contribution < -0.4 is 10.6 Å². The van der Waals surface area contributed by atoms with Gasteiger partial charge in [-0.15, -0.1) is 0 Å². The van der Waals surface area contributed by atoms with Crippen molar-refractivity contribution in [2.45, 2.75) is 6.54 Å². The van der Waals surface area contributed by atoms with Crippen LogP contribution in [-0.2, 0) is 6.54 Å². The lowest BCUT2D eigenvalue weighted by atomic mass is 10.4. The van der Waals surface area contributed by atoms with Crippen LogP contribution in [0.1, 0.15) is 5.69 Å². The summed E-state index contributed by atoms with van der Waals surface area (Å²) >= 11 is 5.73. The van der Waals surface area contributed by atoms with Crippen molar-refractivity contribution in [3.63, 3.8) is 0 Å². The number of nitrogens with one attached hydrogen (secondary N) is 3. The van der Waals surface area contributed by atoms with Crippen LogP contribution in [0, 0.1) is 0 Å². The van der Waals surface area contributed by atoms with E-state index < -0.39 is 0 Å². The summed E-state index contributed by atoms with van der Waals surface area (Å²) in [5.41, 5.74) is 1.12. The average Bonchev–Trinajstić information content (AvgIpc) is 2.45. The maximum absolute atomic E-state index is 5.73. The summed E-state index contributed by atoms with van der Waals surface area (Å²) in [5.74, 6) is 0. The minimum atomic E-state index is 0.764. The Balaban J connectivity index is 2.15. The molecule has 68 valence electrons. The van der Waals surface area contributed by atoms with Crippen molar-refractivity contribution in [2.75, 3.05) is 20.1 Å². The molecule has 12 heavy (non-hydrogen) atoms. The first-order chi connectivity index (χ1) is 5.83. The molecule has 1 aromatic heterocycles. The van der Waals surface area contributed by atoms with E-state index in [0.717, 1.165) is 30.4 Å². The Kier molecular flexibility index (Phi) is 4.14. The number of aromatic nitrogens is 1. The molecule has 0 fully saturated rings. The molecule has 0 aliphatic rings. The molecule has 1 aromatic rings. The van der Waals surface area contributed by atoms with Gasteiger partial charge < -0.3 is 15.6 Å². The van der Waals surface area contributed by atoms with E-state index in [0.29, 0.717) is 0 Å². The second-order valence-corrected chi connectivity index (χ2v) is 3.06. The van der Waals surface area contributed by atoms with Gasteiger partial charge in [-0.05, 0) is 13.1 Å². The zero-order chi connectivity index (χ0) is 8.81. The summed E-state index contributed by atoms with van der Waals surface area (Å²) in [7, 11) is 1.94. The number of likely N-dealkylation sites (N-methyl/N-ethyl adjacent to an activating group) is 1. The fourth-order valence-corrected chi connectivity index (χ4v) is 1.14. The van der Waals surface area contributed by atoms with Crippen LogP contribution in [0.2, 0.25) is 5.02 Å². The van der Waals surface area contributed by atoms with E-state index in [-0.39, 0.29) is 0 Å². The minimum Gasteiger partial charge on any atom is -0.363 e. The highest BCUT2D eigenvalue weighted by Crippen LogP contribution is 2.08. The number of rotatable bonds is 5. The average molecular weight is 188 g/mol. The van der Waals surface area contributed by atoms with Gasteiger partial charge >= 0.3 is 0 Å². The number of aromatic amines is 1. The number of hydrogen-bond acceptors (Lipinski definition) is 2. The summed E-state index contributed by atoms with van der Waals surface area (Å²) in [6.45, 7) is 2.79. The van der Waals surface area contributed by atoms with E-state index in [1.54, 1.807) is 6.20 Å². The van der Waals surface area contributed by atoms with Gasteiger partial charge in [-0.1, -0.05) is 11.6 Å². The van der Waals surface area contributed by atoms with Gasteiger partial charge in [-0.25, -0.2) is 0 Å². The zero-order valence-electron chi connectivity index (χ0n) is 7.15. The molecule has 0 saturated carbocycles. The Morgan fingerprint density at radius 3 is 2.92 bits per heavy atom. The molecule has 0 aliphatic heterocycles. The molecule has 1 heterocycles. The molecule has 0 radical (unpaired) electrons. The van der Waals surface area contributed by atoms with Crippen molar-refractivity contribution in [1.29, 1.82) is 0 Å². The molecule has 1 rings (SSSR count). The van der Waals surface area contributed by atoms with Crippen LogP contribution >= 0.6 is 11.6 Å². The second kappa shape index (κ2) is 5.19. The third-order valence-corrected chi connectivity index (χ3v) is 1.79. The quantitative estimate of drug-likeness (QED) is 0.602. The third kappa shape index (κ3) is 3.26. The first-order valence-electron chi connectivity index (χ1n) is 4.01. The van der Waals surface area contributed by atoms with Gasteiger partial charge in [0, 0.05) is 31.5 Å². The molecule has 0 unspecified atom stereocenters. The fraction of sp³-hybridized carbons (Fsp3) is 0.500. The van der Waals surface area contributed by atoms with E-state index in [2.05, 4.69) is 15.6 Å². The number of hydrogen-bond donors (Lipinski definition) is 3. The van der Waals surface area contributed by atoms with E-state index in [1.807, 2.05) is 13.1 Å². The van der Waals surface area contributed by atoms with Crippen molar-refractivity contribution >= 4 is 11.6 Å². The lowest BCUT2D eigenvalue weighted by molar-refractivity contribution is 0.644. The van der Waals surface area contributed by atoms with Crippen LogP contribution in [0.25, 0.3) is 0 Å². The summed E-state index contributed by atoms with van der Waals surface area (Å²) < 4.78 is 0. The molecule has 0 amide bonds. The fourth-order valence-electron chi connectivity index (χ4n) is 0.950. The van der Waals surface area contributed by atoms with Gasteiger partial charge in [0.1, 0.15) is 0 Å². The molecule has 4 heteroatoms. The van der Waals surface area contributed by atoms with Crippen molar-refractivity contribution in [2.24, 2.45) is 0 Å². The lowest BCUT2D eigenvalue weighted by Gasteiger charge is -2.01. The predicted octanol–water partition coefficient (Wildman–Crippen LogP) is 0.977. The Hall–Kier alpha value is -0.510. The van der Waals surface area contributed by atoms with Gasteiger partial charge in [0.25, 0.3) is 0 Å². The van der Waals surface area contributed by atoms with Gasteiger partial charge in [-0.3, -0.25) is 0 Å². The lowest BCUT2D eigenvalue weighted by Crippen LogP contribution is -2.24. The van der Waals surface area contributed by atoms with Crippen LogP contribution in [-0.4, -0.2) is 25.1 Å². The highest BCUT2D eigenvalue weighted by Gasteiger charge is 1.94. The highest BCUT2D eigenvalue weighted by molar-refractivity contribution is 6.30. The van der Waals surface area contributed by atoms with Crippen LogP contribution in [0.3, 0.4) is 0 Å². The molecule has 0 atom stereocenters. The van der Waals surface area contributed by atoms with Crippen LogP contribution in [0.15, 0.2) is 12.3 Å². The third-order valence-electron chi connectivity index (χ3n) is 1.57. The monoisotopic (exact) mass is 187 g/mol. The molecule has 3 nitrogen and oxygen atoms in total. The minimum absolute atomic E-state index is 0.764. The predicted molar refractivity (Wildman–Crippen MR) is 51.4 cm³/mol. The van der Waals surface area contributed by atoms with E-state index in [4.69, 9.17) is 11.6 Å². The normalized spacial score (nSPS) is 10.5. The summed E-state index contributed by atoms with van der Waals surface area (Å²) in [4.78, 5) is 3.07. The van der Waals surface area contributed by atoms with Crippen molar-refractivity contribution in [3.05, 3.63) is 23.0 Å². The molecule has 0 aliphatic carbocycles. The van der Waals surface area contributed by atoms with E-state index in [1.165, 1.54) is 0 Å². The smallest absolute Gasteiger partial charge is 0.0583 e. The number of H-pyrrole nitrogens is 1. The standard InChI is InChI=1S/C8H14ClN3/c1-10-2-3-11-6-8-4-7(9)5-12-8/h4-5,10-12H,2-3,6H2,1H3. The van der Waals surface area contributed by atoms with Crippen molar-refractivity contribution < 1.29 is 0 Å². The van der Waals surface area contributed by atoms with Crippen LogP contribution in [0.5, 0.6) is 0 Å². The largest absolute Gasteiger partial charge is 0.363 e. The summed E-state index contributed by atoms with van der Waals surface area (Å²) in [6, 6.07) is 1.92. The Morgan fingerprint density at radius 1 is 1.50 bits per heavy atom. The maximum atomic E-state index is 5.73. The van der Waals surface area contributed by atoms with Gasteiger partial charge in [0.15, 0.2) is 0 Å². The summed E-state index contributed by atoms with van der Waals surface area (Å²) in [6.07, 6.45) is 1.79. The molecule has 3 N–H and O–H groups in total. The van der Waals surface area contributed by atoms with Gasteiger partial charge in [0.2, 0.25) is 0 Å². The molecular formula is C8H14ClN3. The van der Waals surface area contributed by atoms with E-state index >= 15 is 0 Å². The SMILES string of the molecule is CNCCNCc1cc(Cl)c[nH]1. The first kappa shape index (κ1) is 9.58. The molecule has 0 bridgehead atoms. The molecular weight excluding hydrogens is 174 g/mol. The second-order valence-electron chi connectivity index (χ2n) is 2.62. The Labute approximate surface area is 77.5 Å². The molecule has 0 spiro atoms. The topological polar surface area (TPSA) is 39.8 Å². The number of halogens is 1. The van der Waals surface area contributed by atoms with Gasteiger partial charge in [-0.2, -0.15) is 0 Å². The molecule has 0 aromatic carbocycles. The van der Waals surface area contributed by atoms with E-state index in [9.17, 15) is 0 Å².